The third-order valence-corrected chi connectivity index (χ3v) is 5.10. The molecule has 0 radical (unpaired) electrons. The van der Waals surface area contributed by atoms with E-state index in [4.69, 9.17) is 0 Å². The molecule has 3 nitrogen and oxygen atoms in total. The van der Waals surface area contributed by atoms with Gasteiger partial charge in [0.2, 0.25) is 0 Å². The number of nitrogens with zero attached hydrogens (tertiary/aromatic N) is 1. The highest BCUT2D eigenvalue weighted by molar-refractivity contribution is 5.74. The first kappa shape index (κ1) is 14.6. The van der Waals surface area contributed by atoms with Gasteiger partial charge in [0.25, 0.3) is 0 Å². The zero-order chi connectivity index (χ0) is 14.7. The van der Waals surface area contributed by atoms with Gasteiger partial charge in [-0.15, -0.1) is 0 Å². The summed E-state index contributed by atoms with van der Waals surface area (Å²) >= 11 is 0. The van der Waals surface area contributed by atoms with Crippen LogP contribution in [0, 0.1) is 5.92 Å². The first-order valence-electron chi connectivity index (χ1n) is 8.27. The molecule has 1 N–H and O–H groups in total. The predicted octanol–water partition coefficient (Wildman–Crippen LogP) is 3.47. The summed E-state index contributed by atoms with van der Waals surface area (Å²) in [4.78, 5) is 13.9. The van der Waals surface area contributed by atoms with Crippen LogP contribution in [0.5, 0.6) is 0 Å². The molecule has 1 unspecified atom stereocenters. The Bertz CT molecular complexity index is 492. The minimum Gasteiger partial charge on any atom is -0.480 e. The molecule has 0 amide bonds. The van der Waals surface area contributed by atoms with E-state index in [-0.39, 0.29) is 6.04 Å². The van der Waals surface area contributed by atoms with Crippen LogP contribution in [0.25, 0.3) is 0 Å². The number of carboxylic acid groups (broad SMARTS) is 1. The molecule has 0 saturated heterocycles. The van der Waals surface area contributed by atoms with Crippen molar-refractivity contribution >= 4 is 5.97 Å². The van der Waals surface area contributed by atoms with E-state index in [0.717, 1.165) is 13.1 Å². The van der Waals surface area contributed by atoms with E-state index in [0.29, 0.717) is 12.3 Å². The second-order valence-corrected chi connectivity index (χ2v) is 6.61. The Hall–Kier alpha value is -1.35. The topological polar surface area (TPSA) is 40.5 Å². The summed E-state index contributed by atoms with van der Waals surface area (Å²) in [5.41, 5.74) is 2.52. The summed E-state index contributed by atoms with van der Waals surface area (Å²) in [6.07, 6.45) is 8.51. The predicted molar refractivity (Wildman–Crippen MR) is 83.2 cm³/mol. The van der Waals surface area contributed by atoms with E-state index in [9.17, 15) is 9.90 Å². The van der Waals surface area contributed by atoms with Crippen LogP contribution < -0.4 is 0 Å². The Labute approximate surface area is 127 Å². The maximum absolute atomic E-state index is 11.6. The zero-order valence-electron chi connectivity index (χ0n) is 12.6. The number of aliphatic carboxylic acids is 1. The lowest BCUT2D eigenvalue weighted by atomic mass is 9.91. The molecule has 1 fully saturated rings. The highest BCUT2D eigenvalue weighted by Crippen LogP contribution is 2.28. The monoisotopic (exact) mass is 287 g/mol. The zero-order valence-corrected chi connectivity index (χ0v) is 12.6. The minimum absolute atomic E-state index is 0.344. The van der Waals surface area contributed by atoms with Crippen LogP contribution >= 0.6 is 0 Å². The van der Waals surface area contributed by atoms with Crippen LogP contribution in [0.3, 0.4) is 0 Å². The minimum atomic E-state index is -0.668. The molecule has 114 valence electrons. The number of hydrogen-bond acceptors (Lipinski definition) is 2. The number of carboxylic acids is 1. The van der Waals surface area contributed by atoms with Crippen molar-refractivity contribution < 1.29 is 9.90 Å². The number of hydrogen-bond donors (Lipinski definition) is 1. The number of benzene rings is 1. The average Bonchev–Trinajstić information content (AvgIpc) is 2.75. The summed E-state index contributed by atoms with van der Waals surface area (Å²) in [6, 6.07) is 7.95. The Morgan fingerprint density at radius 2 is 1.76 bits per heavy atom. The first-order chi connectivity index (χ1) is 10.2. The van der Waals surface area contributed by atoms with E-state index in [1.165, 1.54) is 49.7 Å². The molecule has 1 atom stereocenters. The van der Waals surface area contributed by atoms with Gasteiger partial charge in [-0.1, -0.05) is 49.9 Å². The summed E-state index contributed by atoms with van der Waals surface area (Å²) < 4.78 is 0. The molecule has 1 aliphatic heterocycles. The molecule has 0 bridgehead atoms. The average molecular weight is 287 g/mol. The van der Waals surface area contributed by atoms with Crippen molar-refractivity contribution in [3.8, 4) is 0 Å². The van der Waals surface area contributed by atoms with Crippen LogP contribution in [-0.4, -0.2) is 28.6 Å². The fraction of sp³-hybridized carbons (Fsp3) is 0.611. The van der Waals surface area contributed by atoms with E-state index in [1.54, 1.807) is 0 Å². The smallest absolute Gasteiger partial charge is 0.321 e. The molecule has 3 rings (SSSR count). The van der Waals surface area contributed by atoms with Crippen LogP contribution in [0.1, 0.15) is 49.7 Å². The normalized spacial score (nSPS) is 24.3. The fourth-order valence-electron chi connectivity index (χ4n) is 3.89. The lowest BCUT2D eigenvalue weighted by Gasteiger charge is -2.36. The highest BCUT2D eigenvalue weighted by Gasteiger charge is 2.32. The standard InChI is InChI=1S/C18H25NO2/c20-18(21)17-11-15-9-5-6-10-16(15)13-19(17)12-14-7-3-1-2-4-8-14/h5-6,9-10,14,17H,1-4,7-8,11-13H2,(H,20,21). The van der Waals surface area contributed by atoms with Crippen LogP contribution in [-0.2, 0) is 17.8 Å². The van der Waals surface area contributed by atoms with Crippen molar-refractivity contribution in [2.24, 2.45) is 5.92 Å². The maximum atomic E-state index is 11.6. The molecule has 1 heterocycles. The molecular weight excluding hydrogens is 262 g/mol. The molecule has 1 aromatic rings. The molecule has 2 aliphatic rings. The van der Waals surface area contributed by atoms with Gasteiger partial charge in [0.1, 0.15) is 6.04 Å². The Morgan fingerprint density at radius 3 is 2.43 bits per heavy atom. The van der Waals surface area contributed by atoms with E-state index in [2.05, 4.69) is 23.1 Å². The molecule has 1 aliphatic carbocycles. The SMILES string of the molecule is O=C(O)C1Cc2ccccc2CN1CC1CCCCCC1. The molecule has 1 aromatic carbocycles. The third-order valence-electron chi connectivity index (χ3n) is 5.10. The van der Waals surface area contributed by atoms with Crippen molar-refractivity contribution in [2.45, 2.75) is 57.5 Å². The van der Waals surface area contributed by atoms with Gasteiger partial charge < -0.3 is 5.11 Å². The van der Waals surface area contributed by atoms with Gasteiger partial charge in [0.15, 0.2) is 0 Å². The molecule has 0 aromatic heterocycles. The quantitative estimate of drug-likeness (QED) is 0.865. The van der Waals surface area contributed by atoms with Gasteiger partial charge in [0.05, 0.1) is 0 Å². The van der Waals surface area contributed by atoms with Crippen LogP contribution in [0.4, 0.5) is 0 Å². The summed E-state index contributed by atoms with van der Waals surface area (Å²) in [5.74, 6) is 0.0118. The lowest BCUT2D eigenvalue weighted by Crippen LogP contribution is -2.47. The summed E-state index contributed by atoms with van der Waals surface area (Å²) in [7, 11) is 0. The van der Waals surface area contributed by atoms with E-state index >= 15 is 0 Å². The van der Waals surface area contributed by atoms with Crippen molar-refractivity contribution in [3.05, 3.63) is 35.4 Å². The molecule has 21 heavy (non-hydrogen) atoms. The largest absolute Gasteiger partial charge is 0.480 e. The summed E-state index contributed by atoms with van der Waals surface area (Å²) in [6.45, 7) is 1.74. The van der Waals surface area contributed by atoms with Gasteiger partial charge in [-0.25, -0.2) is 0 Å². The van der Waals surface area contributed by atoms with Crippen LogP contribution in [0.15, 0.2) is 24.3 Å². The van der Waals surface area contributed by atoms with Crippen LogP contribution in [0.2, 0.25) is 0 Å². The Balaban J connectivity index is 1.74. The van der Waals surface area contributed by atoms with Crippen molar-refractivity contribution in [3.63, 3.8) is 0 Å². The van der Waals surface area contributed by atoms with Gasteiger partial charge in [-0.05, 0) is 36.3 Å². The number of carbonyl (C=O) groups is 1. The second kappa shape index (κ2) is 6.61. The molecular formula is C18H25NO2. The lowest BCUT2D eigenvalue weighted by molar-refractivity contribution is -0.144. The summed E-state index contributed by atoms with van der Waals surface area (Å²) in [5, 5.41) is 9.58. The Morgan fingerprint density at radius 1 is 1.10 bits per heavy atom. The number of fused-ring (bicyclic) bond motifs is 1. The van der Waals surface area contributed by atoms with Gasteiger partial charge in [-0.3, -0.25) is 9.69 Å². The highest BCUT2D eigenvalue weighted by atomic mass is 16.4. The molecule has 1 saturated carbocycles. The molecule has 3 heteroatoms. The van der Waals surface area contributed by atoms with Crippen molar-refractivity contribution in [2.75, 3.05) is 6.54 Å². The number of rotatable bonds is 3. The van der Waals surface area contributed by atoms with Gasteiger partial charge in [-0.2, -0.15) is 0 Å². The Kier molecular flexibility index (Phi) is 4.59. The first-order valence-corrected chi connectivity index (χ1v) is 8.27. The second-order valence-electron chi connectivity index (χ2n) is 6.61. The van der Waals surface area contributed by atoms with Gasteiger partial charge >= 0.3 is 5.97 Å². The molecule has 0 spiro atoms. The van der Waals surface area contributed by atoms with E-state index in [1.807, 2.05) is 6.07 Å². The van der Waals surface area contributed by atoms with Crippen molar-refractivity contribution in [1.29, 1.82) is 0 Å². The fourth-order valence-corrected chi connectivity index (χ4v) is 3.89. The maximum Gasteiger partial charge on any atom is 0.321 e. The van der Waals surface area contributed by atoms with Gasteiger partial charge in [0, 0.05) is 13.1 Å². The van der Waals surface area contributed by atoms with E-state index < -0.39 is 5.97 Å². The van der Waals surface area contributed by atoms with Crippen molar-refractivity contribution in [1.82, 2.24) is 4.90 Å². The third kappa shape index (κ3) is 3.46.